The fraction of sp³-hybridized carbons (Fsp3) is 0.550. The number of piperidine rings is 1. The number of benzene rings is 1. The van der Waals surface area contributed by atoms with Crippen molar-refractivity contribution >= 4 is 0 Å². The van der Waals surface area contributed by atoms with Crippen LogP contribution in [0.25, 0.3) is 0 Å². The minimum Gasteiger partial charge on any atom is -0.369 e. The Morgan fingerprint density at radius 2 is 1.96 bits per heavy atom. The highest BCUT2D eigenvalue weighted by atomic mass is 16.5. The van der Waals surface area contributed by atoms with Gasteiger partial charge in [-0.1, -0.05) is 30.3 Å². The Kier molecular flexibility index (Phi) is 5.15. The highest BCUT2D eigenvalue weighted by Crippen LogP contribution is 2.29. The molecule has 2 aliphatic rings. The number of imidazole rings is 1. The van der Waals surface area contributed by atoms with Crippen molar-refractivity contribution in [2.24, 2.45) is 7.05 Å². The third kappa shape index (κ3) is 3.94. The molecule has 0 amide bonds. The van der Waals surface area contributed by atoms with Crippen LogP contribution in [-0.4, -0.2) is 46.2 Å². The molecule has 5 heteroatoms. The van der Waals surface area contributed by atoms with Gasteiger partial charge in [0.15, 0.2) is 0 Å². The van der Waals surface area contributed by atoms with E-state index in [9.17, 15) is 0 Å². The number of nitrogens with zero attached hydrogens (tertiary/aromatic N) is 3. The van der Waals surface area contributed by atoms with Crippen LogP contribution in [0, 0.1) is 0 Å². The molecule has 0 radical (unpaired) electrons. The third-order valence-electron chi connectivity index (χ3n) is 5.49. The van der Waals surface area contributed by atoms with Crippen LogP contribution < -0.4 is 5.32 Å². The predicted octanol–water partition coefficient (Wildman–Crippen LogP) is 2.50. The van der Waals surface area contributed by atoms with Gasteiger partial charge in [0.25, 0.3) is 0 Å². The van der Waals surface area contributed by atoms with E-state index in [2.05, 4.69) is 50.1 Å². The van der Waals surface area contributed by atoms with E-state index in [0.717, 1.165) is 38.5 Å². The largest absolute Gasteiger partial charge is 0.369 e. The van der Waals surface area contributed by atoms with E-state index in [0.29, 0.717) is 12.1 Å². The van der Waals surface area contributed by atoms with Crippen molar-refractivity contribution in [1.82, 2.24) is 19.8 Å². The topological polar surface area (TPSA) is 42.3 Å². The van der Waals surface area contributed by atoms with Crippen molar-refractivity contribution in [3.8, 4) is 0 Å². The first-order valence-corrected chi connectivity index (χ1v) is 9.41. The molecule has 3 heterocycles. The summed E-state index contributed by atoms with van der Waals surface area (Å²) in [5.41, 5.74) is 1.41. The summed E-state index contributed by atoms with van der Waals surface area (Å²) in [6.45, 7) is 4.21. The Hall–Kier alpha value is -1.69. The molecule has 2 atom stereocenters. The monoisotopic (exact) mass is 340 g/mol. The number of hydrogen-bond donors (Lipinski definition) is 1. The lowest BCUT2D eigenvalue weighted by Crippen LogP contribution is -2.47. The van der Waals surface area contributed by atoms with Crippen LogP contribution in [0.4, 0.5) is 0 Å². The Labute approximate surface area is 150 Å². The van der Waals surface area contributed by atoms with Gasteiger partial charge in [0, 0.05) is 44.7 Å². The molecule has 4 rings (SSSR count). The molecule has 1 aromatic carbocycles. The molecule has 1 aromatic heterocycles. The molecule has 0 unspecified atom stereocenters. The second-order valence-electron chi connectivity index (χ2n) is 7.29. The van der Waals surface area contributed by atoms with Gasteiger partial charge in [-0.25, -0.2) is 4.98 Å². The zero-order valence-electron chi connectivity index (χ0n) is 15.0. The number of ether oxygens (including phenoxy) is 1. The average molecular weight is 340 g/mol. The number of hydrogen-bond acceptors (Lipinski definition) is 4. The van der Waals surface area contributed by atoms with Gasteiger partial charge in [-0.15, -0.1) is 0 Å². The molecule has 0 spiro atoms. The molecule has 0 aliphatic carbocycles. The van der Waals surface area contributed by atoms with Gasteiger partial charge in [0.2, 0.25) is 0 Å². The summed E-state index contributed by atoms with van der Waals surface area (Å²) in [6, 6.07) is 11.7. The fourth-order valence-corrected chi connectivity index (χ4v) is 4.07. The van der Waals surface area contributed by atoms with E-state index in [4.69, 9.17) is 4.74 Å². The Bertz CT molecular complexity index is 663. The van der Waals surface area contributed by atoms with Crippen LogP contribution in [-0.2, 0) is 18.3 Å². The van der Waals surface area contributed by atoms with Crippen molar-refractivity contribution in [3.63, 3.8) is 0 Å². The molecule has 134 valence electrons. The molecule has 1 N–H and O–H groups in total. The summed E-state index contributed by atoms with van der Waals surface area (Å²) < 4.78 is 8.05. The standard InChI is InChI=1S/C20H28N4O/c1-23-13-10-21-20(23)19-18(9-14-25-19)22-17-7-11-24(12-8-17)15-16-5-3-2-4-6-16/h2-6,10,13,17-19,22H,7-9,11-12,14-15H2,1H3/t18-,19-/m0/s1. The normalized spacial score (nSPS) is 25.5. The average Bonchev–Trinajstić information content (AvgIpc) is 3.26. The number of likely N-dealkylation sites (tertiary alicyclic amines) is 1. The molecule has 2 fully saturated rings. The fourth-order valence-electron chi connectivity index (χ4n) is 4.07. The first-order chi connectivity index (χ1) is 12.3. The van der Waals surface area contributed by atoms with Crippen molar-refractivity contribution < 1.29 is 4.74 Å². The lowest BCUT2D eigenvalue weighted by molar-refractivity contribution is 0.0832. The SMILES string of the molecule is Cn1ccnc1[C@H]1OCC[C@@H]1NC1CCN(Cc2ccccc2)CC1. The number of aryl methyl sites for hydroxylation is 1. The minimum atomic E-state index is 0.0855. The Morgan fingerprint density at radius 3 is 2.68 bits per heavy atom. The summed E-state index contributed by atoms with van der Waals surface area (Å²) in [6.07, 6.45) is 7.42. The van der Waals surface area contributed by atoms with Crippen molar-refractivity contribution in [1.29, 1.82) is 0 Å². The smallest absolute Gasteiger partial charge is 0.139 e. The maximum absolute atomic E-state index is 5.98. The zero-order valence-corrected chi connectivity index (χ0v) is 15.0. The number of aromatic nitrogens is 2. The molecule has 2 aliphatic heterocycles. The van der Waals surface area contributed by atoms with Gasteiger partial charge in [-0.05, 0) is 37.9 Å². The molecular formula is C20H28N4O. The van der Waals surface area contributed by atoms with Gasteiger partial charge >= 0.3 is 0 Å². The maximum Gasteiger partial charge on any atom is 0.139 e. The highest BCUT2D eigenvalue weighted by Gasteiger charge is 2.34. The first-order valence-electron chi connectivity index (χ1n) is 9.41. The molecule has 2 aromatic rings. The first kappa shape index (κ1) is 16.8. The molecule has 2 saturated heterocycles. The zero-order chi connectivity index (χ0) is 17.1. The Balaban J connectivity index is 1.29. The van der Waals surface area contributed by atoms with E-state index in [1.54, 1.807) is 0 Å². The molecule has 25 heavy (non-hydrogen) atoms. The van der Waals surface area contributed by atoms with Gasteiger partial charge in [0.1, 0.15) is 11.9 Å². The third-order valence-corrected chi connectivity index (χ3v) is 5.49. The van der Waals surface area contributed by atoms with Crippen LogP contribution in [0.5, 0.6) is 0 Å². The quantitative estimate of drug-likeness (QED) is 0.908. The lowest BCUT2D eigenvalue weighted by atomic mass is 10.0. The second kappa shape index (κ2) is 7.68. The molecular weight excluding hydrogens is 312 g/mol. The Morgan fingerprint density at radius 1 is 1.16 bits per heavy atom. The molecule has 5 nitrogen and oxygen atoms in total. The van der Waals surface area contributed by atoms with E-state index in [1.807, 2.05) is 19.4 Å². The van der Waals surface area contributed by atoms with Gasteiger partial charge in [0.05, 0.1) is 0 Å². The number of rotatable bonds is 5. The van der Waals surface area contributed by atoms with Gasteiger partial charge < -0.3 is 14.6 Å². The van der Waals surface area contributed by atoms with Crippen LogP contribution >= 0.6 is 0 Å². The lowest BCUT2D eigenvalue weighted by Gasteiger charge is -2.34. The second-order valence-corrected chi connectivity index (χ2v) is 7.29. The summed E-state index contributed by atoms with van der Waals surface area (Å²) in [5.74, 6) is 1.04. The summed E-state index contributed by atoms with van der Waals surface area (Å²) in [5, 5.41) is 3.86. The molecule has 0 saturated carbocycles. The summed E-state index contributed by atoms with van der Waals surface area (Å²) in [7, 11) is 2.04. The summed E-state index contributed by atoms with van der Waals surface area (Å²) >= 11 is 0. The number of nitrogens with one attached hydrogen (secondary N) is 1. The van der Waals surface area contributed by atoms with E-state index in [1.165, 1.54) is 18.4 Å². The summed E-state index contributed by atoms with van der Waals surface area (Å²) in [4.78, 5) is 7.05. The van der Waals surface area contributed by atoms with Gasteiger partial charge in [-0.3, -0.25) is 4.90 Å². The van der Waals surface area contributed by atoms with Crippen LogP contribution in [0.1, 0.15) is 36.8 Å². The van der Waals surface area contributed by atoms with Gasteiger partial charge in [-0.2, -0.15) is 0 Å². The molecule has 0 bridgehead atoms. The van der Waals surface area contributed by atoms with Crippen molar-refractivity contribution in [2.45, 2.75) is 44.0 Å². The van der Waals surface area contributed by atoms with Crippen molar-refractivity contribution in [3.05, 3.63) is 54.1 Å². The van der Waals surface area contributed by atoms with Crippen molar-refractivity contribution in [2.75, 3.05) is 19.7 Å². The van der Waals surface area contributed by atoms with Crippen LogP contribution in [0.3, 0.4) is 0 Å². The van der Waals surface area contributed by atoms with Crippen LogP contribution in [0.2, 0.25) is 0 Å². The van der Waals surface area contributed by atoms with E-state index < -0.39 is 0 Å². The van der Waals surface area contributed by atoms with Crippen LogP contribution in [0.15, 0.2) is 42.7 Å². The minimum absolute atomic E-state index is 0.0855. The van der Waals surface area contributed by atoms with E-state index >= 15 is 0 Å². The highest BCUT2D eigenvalue weighted by molar-refractivity contribution is 5.14. The van der Waals surface area contributed by atoms with E-state index in [-0.39, 0.29) is 6.10 Å². The predicted molar refractivity (Wildman–Crippen MR) is 98.2 cm³/mol. The maximum atomic E-state index is 5.98.